The first-order valence-electron chi connectivity index (χ1n) is 4.36. The molecule has 0 fully saturated rings. The lowest BCUT2D eigenvalue weighted by Gasteiger charge is -2.10. The number of carbonyl (C=O) groups is 2. The minimum atomic E-state index is -2.82. The topological polar surface area (TPSA) is 34.1 Å². The molecule has 0 N–H and O–H groups in total. The number of hydrogen-bond donors (Lipinski definition) is 0. The van der Waals surface area contributed by atoms with Gasteiger partial charge in [-0.3, -0.25) is 9.59 Å². The van der Waals surface area contributed by atoms with Crippen molar-refractivity contribution in [1.29, 1.82) is 0 Å². The Labute approximate surface area is 85.9 Å². The number of benzene rings is 1. The molecule has 0 bridgehead atoms. The Hall–Kier alpha value is -1.58. The molecule has 0 aromatic heterocycles. The molecular formula is C11H10F2O2. The Morgan fingerprint density at radius 3 is 2.40 bits per heavy atom. The number of halogens is 2. The van der Waals surface area contributed by atoms with Crippen LogP contribution in [0.5, 0.6) is 0 Å². The van der Waals surface area contributed by atoms with E-state index in [-0.39, 0.29) is 11.1 Å². The summed E-state index contributed by atoms with van der Waals surface area (Å²) in [6.07, 6.45) is -2.47. The molecule has 1 aromatic carbocycles. The Morgan fingerprint density at radius 1 is 1.40 bits per heavy atom. The van der Waals surface area contributed by atoms with Crippen molar-refractivity contribution < 1.29 is 18.4 Å². The minimum absolute atomic E-state index is 0.0768. The molecule has 0 aliphatic heterocycles. The zero-order valence-electron chi connectivity index (χ0n) is 8.38. The maximum atomic E-state index is 12.7. The number of ketones is 1. The average molecular weight is 212 g/mol. The molecule has 0 atom stereocenters. The third-order valence-corrected chi connectivity index (χ3v) is 2.08. The Bertz CT molecular complexity index is 411. The molecular weight excluding hydrogens is 202 g/mol. The molecule has 0 heterocycles. The summed E-state index contributed by atoms with van der Waals surface area (Å²) >= 11 is 0. The molecule has 1 aromatic rings. The van der Waals surface area contributed by atoms with E-state index < -0.39 is 17.8 Å². The summed E-state index contributed by atoms with van der Waals surface area (Å²) in [4.78, 5) is 21.8. The summed E-state index contributed by atoms with van der Waals surface area (Å²) in [6.45, 7) is 2.85. The number of alkyl halides is 2. The van der Waals surface area contributed by atoms with Crippen molar-refractivity contribution >= 4 is 12.1 Å². The van der Waals surface area contributed by atoms with Crippen LogP contribution in [0.25, 0.3) is 0 Å². The van der Waals surface area contributed by atoms with E-state index in [1.54, 1.807) is 6.92 Å². The molecule has 0 aliphatic rings. The number of aryl methyl sites for hydroxylation is 1. The second kappa shape index (κ2) is 4.29. The van der Waals surface area contributed by atoms with Gasteiger partial charge >= 0.3 is 0 Å². The first-order chi connectivity index (χ1) is 6.97. The second-order valence-electron chi connectivity index (χ2n) is 3.29. The predicted octanol–water partition coefficient (Wildman–Crippen LogP) is 2.95. The van der Waals surface area contributed by atoms with Crippen LogP contribution in [0.3, 0.4) is 0 Å². The van der Waals surface area contributed by atoms with E-state index in [2.05, 4.69) is 0 Å². The third-order valence-electron chi connectivity index (χ3n) is 2.08. The molecule has 0 aliphatic carbocycles. The molecule has 15 heavy (non-hydrogen) atoms. The lowest BCUT2D eigenvalue weighted by molar-refractivity contribution is 0.0997. The quantitative estimate of drug-likeness (QED) is 0.570. The van der Waals surface area contributed by atoms with E-state index >= 15 is 0 Å². The Kier molecular flexibility index (Phi) is 3.29. The van der Waals surface area contributed by atoms with Crippen LogP contribution in [0, 0.1) is 6.92 Å². The molecule has 2 nitrogen and oxygen atoms in total. The number of hydrogen-bond acceptors (Lipinski definition) is 2. The van der Waals surface area contributed by atoms with Crippen LogP contribution >= 0.6 is 0 Å². The van der Waals surface area contributed by atoms with E-state index in [9.17, 15) is 18.4 Å². The fourth-order valence-corrected chi connectivity index (χ4v) is 1.46. The molecule has 0 radical (unpaired) electrons. The monoisotopic (exact) mass is 212 g/mol. The van der Waals surface area contributed by atoms with Gasteiger partial charge in [0.05, 0.1) is 0 Å². The van der Waals surface area contributed by atoms with E-state index in [0.29, 0.717) is 11.8 Å². The number of rotatable bonds is 3. The van der Waals surface area contributed by atoms with Crippen molar-refractivity contribution in [2.24, 2.45) is 0 Å². The maximum Gasteiger partial charge on any atom is 0.265 e. The first kappa shape index (κ1) is 11.5. The van der Waals surface area contributed by atoms with Crippen molar-refractivity contribution in [2.45, 2.75) is 20.3 Å². The predicted molar refractivity (Wildman–Crippen MR) is 51.5 cm³/mol. The summed E-state index contributed by atoms with van der Waals surface area (Å²) in [7, 11) is 0. The highest BCUT2D eigenvalue weighted by molar-refractivity contribution is 5.98. The summed E-state index contributed by atoms with van der Waals surface area (Å²) < 4.78 is 25.3. The largest absolute Gasteiger partial charge is 0.298 e. The van der Waals surface area contributed by atoms with E-state index in [0.717, 1.165) is 0 Å². The number of carbonyl (C=O) groups excluding carboxylic acids is 2. The van der Waals surface area contributed by atoms with E-state index in [1.807, 2.05) is 0 Å². The summed E-state index contributed by atoms with van der Waals surface area (Å²) in [6, 6.07) is 2.72. The molecule has 4 heteroatoms. The van der Waals surface area contributed by atoms with Gasteiger partial charge in [0.2, 0.25) is 0 Å². The lowest BCUT2D eigenvalue weighted by Crippen LogP contribution is -2.05. The minimum Gasteiger partial charge on any atom is -0.298 e. The molecule has 0 spiro atoms. The summed E-state index contributed by atoms with van der Waals surface area (Å²) in [5, 5.41) is 0. The van der Waals surface area contributed by atoms with Gasteiger partial charge in [-0.2, -0.15) is 0 Å². The smallest absolute Gasteiger partial charge is 0.265 e. The third kappa shape index (κ3) is 2.26. The fraction of sp³-hybridized carbons (Fsp3) is 0.273. The number of Topliss-reactive ketones (excluding diaryl/α,β-unsaturated/α-hetero) is 1. The van der Waals surface area contributed by atoms with Crippen LogP contribution in [0.1, 0.15) is 45.2 Å². The normalized spacial score (nSPS) is 10.5. The van der Waals surface area contributed by atoms with E-state index in [1.165, 1.54) is 19.1 Å². The van der Waals surface area contributed by atoms with Crippen molar-refractivity contribution in [2.75, 3.05) is 0 Å². The van der Waals surface area contributed by atoms with Gasteiger partial charge in [-0.05, 0) is 31.5 Å². The van der Waals surface area contributed by atoms with Gasteiger partial charge in [0.1, 0.15) is 0 Å². The van der Waals surface area contributed by atoms with Gasteiger partial charge in [-0.25, -0.2) is 8.78 Å². The molecule has 0 saturated heterocycles. The van der Waals surface area contributed by atoms with Crippen molar-refractivity contribution in [3.05, 3.63) is 34.4 Å². The zero-order valence-corrected chi connectivity index (χ0v) is 8.38. The van der Waals surface area contributed by atoms with Gasteiger partial charge in [0.25, 0.3) is 6.43 Å². The fourth-order valence-electron chi connectivity index (χ4n) is 1.46. The highest BCUT2D eigenvalue weighted by Crippen LogP contribution is 2.27. The van der Waals surface area contributed by atoms with Gasteiger partial charge in [-0.1, -0.05) is 0 Å². The number of aldehydes is 1. The molecule has 0 unspecified atom stereocenters. The van der Waals surface area contributed by atoms with Crippen LogP contribution in [0.15, 0.2) is 12.1 Å². The van der Waals surface area contributed by atoms with Crippen molar-refractivity contribution in [1.82, 2.24) is 0 Å². The molecule has 1 rings (SSSR count). The Morgan fingerprint density at radius 2 is 2.00 bits per heavy atom. The van der Waals surface area contributed by atoms with Gasteiger partial charge in [0.15, 0.2) is 12.1 Å². The van der Waals surface area contributed by atoms with Crippen molar-refractivity contribution in [3.63, 3.8) is 0 Å². The van der Waals surface area contributed by atoms with Crippen LogP contribution < -0.4 is 0 Å². The summed E-state index contributed by atoms with van der Waals surface area (Å²) in [5.41, 5.74) is -0.0444. The van der Waals surface area contributed by atoms with Crippen LogP contribution in [0.4, 0.5) is 8.78 Å². The summed E-state index contributed by atoms with van der Waals surface area (Å²) in [5.74, 6) is -0.461. The zero-order chi connectivity index (χ0) is 11.6. The van der Waals surface area contributed by atoms with E-state index in [4.69, 9.17) is 0 Å². The maximum absolute atomic E-state index is 12.7. The Balaban J connectivity index is 3.54. The highest BCUT2D eigenvalue weighted by atomic mass is 19.3. The van der Waals surface area contributed by atoms with Gasteiger partial charge < -0.3 is 0 Å². The highest BCUT2D eigenvalue weighted by Gasteiger charge is 2.20. The van der Waals surface area contributed by atoms with Crippen molar-refractivity contribution in [3.8, 4) is 0 Å². The van der Waals surface area contributed by atoms with Crippen LogP contribution in [-0.4, -0.2) is 12.1 Å². The lowest BCUT2D eigenvalue weighted by atomic mass is 9.96. The molecule has 0 amide bonds. The SMILES string of the molecule is CC(=O)c1cc(C)cc(C=O)c1C(F)F. The second-order valence-corrected chi connectivity index (χ2v) is 3.29. The molecule has 80 valence electrons. The van der Waals surface area contributed by atoms with Crippen LogP contribution in [0.2, 0.25) is 0 Å². The average Bonchev–Trinajstić information content (AvgIpc) is 2.15. The molecule has 0 saturated carbocycles. The van der Waals surface area contributed by atoms with Gasteiger partial charge in [0, 0.05) is 16.7 Å². The standard InChI is InChI=1S/C11H10F2O2/c1-6-3-8(5-14)10(11(12)13)9(4-6)7(2)15/h3-5,11H,1-2H3. The van der Waals surface area contributed by atoms with Crippen LogP contribution in [-0.2, 0) is 0 Å². The first-order valence-corrected chi connectivity index (χ1v) is 4.36. The van der Waals surface area contributed by atoms with Gasteiger partial charge in [-0.15, -0.1) is 0 Å².